The topological polar surface area (TPSA) is 58.1 Å². The fourth-order valence-electron chi connectivity index (χ4n) is 2.65. The number of halogens is 2. The molecule has 0 radical (unpaired) electrons. The van der Waals surface area contributed by atoms with E-state index in [0.717, 1.165) is 5.56 Å². The van der Waals surface area contributed by atoms with Crippen molar-refractivity contribution in [3.05, 3.63) is 82.9 Å². The average Bonchev–Trinajstić information content (AvgIpc) is 2.69. The van der Waals surface area contributed by atoms with Crippen LogP contribution in [0.5, 0.6) is 0 Å². The fourth-order valence-corrected chi connectivity index (χ4v) is 2.83. The van der Waals surface area contributed by atoms with Crippen LogP contribution >= 0.6 is 11.6 Å². The predicted octanol–water partition coefficient (Wildman–Crippen LogP) is 4.94. The largest absolute Gasteiger partial charge is 0.334 e. The number of carbonyl (C=O) groups excluding carboxylic acids is 1. The predicted molar refractivity (Wildman–Crippen MR) is 109 cm³/mol. The van der Waals surface area contributed by atoms with Crippen molar-refractivity contribution in [2.75, 3.05) is 10.2 Å². The minimum atomic E-state index is -0.544. The maximum absolute atomic E-state index is 13.3. The van der Waals surface area contributed by atoms with Gasteiger partial charge in [0, 0.05) is 24.5 Å². The molecule has 2 aromatic carbocycles. The molecular weight excluding hydrogens is 379 g/mol. The number of aromatic nitrogens is 2. The highest BCUT2D eigenvalue weighted by atomic mass is 35.5. The maximum atomic E-state index is 13.3. The molecule has 7 heteroatoms. The van der Waals surface area contributed by atoms with E-state index in [-0.39, 0.29) is 16.8 Å². The molecule has 3 aromatic rings. The van der Waals surface area contributed by atoms with Gasteiger partial charge in [-0.05, 0) is 43.7 Å². The zero-order valence-corrected chi connectivity index (χ0v) is 16.3. The van der Waals surface area contributed by atoms with Gasteiger partial charge >= 0.3 is 0 Å². The summed E-state index contributed by atoms with van der Waals surface area (Å²) in [5.41, 5.74) is 1.72. The first kappa shape index (κ1) is 19.8. The first-order valence-electron chi connectivity index (χ1n) is 8.84. The molecule has 1 N–H and O–H groups in total. The number of nitrogens with one attached hydrogen (secondary N) is 1. The maximum Gasteiger partial charge on any atom is 0.274 e. The van der Waals surface area contributed by atoms with Crippen LogP contribution in [0.4, 0.5) is 16.0 Å². The molecule has 1 heterocycles. The first-order chi connectivity index (χ1) is 13.4. The van der Waals surface area contributed by atoms with Crippen LogP contribution in [-0.4, -0.2) is 21.9 Å². The van der Waals surface area contributed by atoms with E-state index in [9.17, 15) is 9.18 Å². The summed E-state index contributed by atoms with van der Waals surface area (Å²) in [6.07, 6.45) is 1.55. The summed E-state index contributed by atoms with van der Waals surface area (Å²) >= 11 is 5.76. The van der Waals surface area contributed by atoms with E-state index in [1.54, 1.807) is 6.20 Å². The van der Waals surface area contributed by atoms with Crippen LogP contribution in [0.2, 0.25) is 5.02 Å². The summed E-state index contributed by atoms with van der Waals surface area (Å²) < 4.78 is 13.3. The molecule has 3 rings (SSSR count). The molecule has 5 nitrogen and oxygen atoms in total. The van der Waals surface area contributed by atoms with Crippen molar-refractivity contribution in [3.8, 4) is 0 Å². The lowest BCUT2D eigenvalue weighted by Gasteiger charge is -2.27. The molecule has 0 aliphatic heterocycles. The van der Waals surface area contributed by atoms with Gasteiger partial charge in [-0.25, -0.2) is 14.4 Å². The average molecular weight is 399 g/mol. The Morgan fingerprint density at radius 2 is 1.93 bits per heavy atom. The van der Waals surface area contributed by atoms with E-state index >= 15 is 0 Å². The molecular formula is C21H20ClFN4O. The van der Waals surface area contributed by atoms with E-state index in [1.807, 2.05) is 49.1 Å². The zero-order valence-electron chi connectivity index (χ0n) is 15.6. The Kier molecular flexibility index (Phi) is 6.21. The highest BCUT2D eigenvalue weighted by Crippen LogP contribution is 2.20. The number of nitrogens with zero attached hydrogens (tertiary/aromatic N) is 3. The summed E-state index contributed by atoms with van der Waals surface area (Å²) in [4.78, 5) is 23.3. The quantitative estimate of drug-likeness (QED) is 0.639. The van der Waals surface area contributed by atoms with Gasteiger partial charge in [0.2, 0.25) is 5.95 Å². The molecule has 1 aromatic heterocycles. The summed E-state index contributed by atoms with van der Waals surface area (Å²) in [7, 11) is 0. The molecule has 0 aliphatic rings. The van der Waals surface area contributed by atoms with Gasteiger partial charge in [0.1, 0.15) is 11.5 Å². The smallest absolute Gasteiger partial charge is 0.274 e. The standard InChI is InChI=1S/C21H20ClFN4O/c1-14(2)27(13-15-6-4-3-5-7-15)21-24-11-10-19(26-21)20(28)25-16-8-9-18(23)17(22)12-16/h3-12,14H,13H2,1-2H3,(H,25,28). The van der Waals surface area contributed by atoms with Gasteiger partial charge in [-0.2, -0.15) is 0 Å². The molecule has 0 saturated heterocycles. The van der Waals surface area contributed by atoms with Crippen molar-refractivity contribution < 1.29 is 9.18 Å². The molecule has 28 heavy (non-hydrogen) atoms. The van der Waals surface area contributed by atoms with Gasteiger partial charge in [0.15, 0.2) is 0 Å². The Morgan fingerprint density at radius 3 is 2.61 bits per heavy atom. The molecule has 0 bridgehead atoms. The Labute approximate surface area is 168 Å². The van der Waals surface area contributed by atoms with E-state index in [2.05, 4.69) is 15.3 Å². The number of anilines is 2. The summed E-state index contributed by atoms with van der Waals surface area (Å²) in [5, 5.41) is 2.61. The van der Waals surface area contributed by atoms with E-state index in [4.69, 9.17) is 11.6 Å². The molecule has 1 amide bonds. The zero-order chi connectivity index (χ0) is 20.1. The lowest BCUT2D eigenvalue weighted by Crippen LogP contribution is -2.32. The van der Waals surface area contributed by atoms with Crippen LogP contribution in [0.1, 0.15) is 29.9 Å². The fraction of sp³-hybridized carbons (Fsp3) is 0.190. The number of hydrogen-bond donors (Lipinski definition) is 1. The van der Waals surface area contributed by atoms with Crippen molar-refractivity contribution in [1.29, 1.82) is 0 Å². The van der Waals surface area contributed by atoms with Crippen LogP contribution in [0.25, 0.3) is 0 Å². The van der Waals surface area contributed by atoms with E-state index in [1.165, 1.54) is 24.3 Å². The summed E-state index contributed by atoms with van der Waals surface area (Å²) in [6, 6.07) is 15.6. The number of amides is 1. The lowest BCUT2D eigenvalue weighted by molar-refractivity contribution is 0.102. The monoisotopic (exact) mass is 398 g/mol. The Hall–Kier alpha value is -2.99. The molecule has 0 spiro atoms. The van der Waals surface area contributed by atoms with Crippen LogP contribution < -0.4 is 10.2 Å². The number of benzene rings is 2. The number of rotatable bonds is 6. The van der Waals surface area contributed by atoms with Crippen molar-refractivity contribution in [2.45, 2.75) is 26.4 Å². The van der Waals surface area contributed by atoms with Crippen LogP contribution in [0, 0.1) is 5.82 Å². The van der Waals surface area contributed by atoms with Gasteiger partial charge in [-0.1, -0.05) is 41.9 Å². The third-order valence-corrected chi connectivity index (χ3v) is 4.42. The second-order valence-electron chi connectivity index (χ2n) is 6.53. The molecule has 0 aliphatic carbocycles. The third kappa shape index (κ3) is 4.84. The van der Waals surface area contributed by atoms with Gasteiger partial charge in [-0.3, -0.25) is 4.79 Å². The van der Waals surface area contributed by atoms with Crippen LogP contribution in [0.15, 0.2) is 60.8 Å². The van der Waals surface area contributed by atoms with Gasteiger partial charge in [0.25, 0.3) is 5.91 Å². The third-order valence-electron chi connectivity index (χ3n) is 4.13. The second-order valence-corrected chi connectivity index (χ2v) is 6.94. The van der Waals surface area contributed by atoms with Crippen LogP contribution in [-0.2, 0) is 6.54 Å². The molecule has 0 unspecified atom stereocenters. The minimum Gasteiger partial charge on any atom is -0.334 e. The highest BCUT2D eigenvalue weighted by molar-refractivity contribution is 6.31. The van der Waals surface area contributed by atoms with Crippen molar-refractivity contribution in [3.63, 3.8) is 0 Å². The SMILES string of the molecule is CC(C)N(Cc1ccccc1)c1nccc(C(=O)Nc2ccc(F)c(Cl)c2)n1. The van der Waals surface area contributed by atoms with E-state index in [0.29, 0.717) is 18.2 Å². The number of carbonyl (C=O) groups is 1. The first-order valence-corrected chi connectivity index (χ1v) is 9.22. The molecule has 0 atom stereocenters. The van der Waals surface area contributed by atoms with E-state index < -0.39 is 11.7 Å². The molecule has 144 valence electrons. The minimum absolute atomic E-state index is 0.0602. The summed E-state index contributed by atoms with van der Waals surface area (Å²) in [5.74, 6) is -0.504. The lowest BCUT2D eigenvalue weighted by atomic mass is 10.2. The van der Waals surface area contributed by atoms with Gasteiger partial charge in [0.05, 0.1) is 5.02 Å². The second kappa shape index (κ2) is 8.80. The van der Waals surface area contributed by atoms with Gasteiger partial charge in [-0.15, -0.1) is 0 Å². The van der Waals surface area contributed by atoms with Crippen molar-refractivity contribution in [2.24, 2.45) is 0 Å². The Balaban J connectivity index is 1.81. The highest BCUT2D eigenvalue weighted by Gasteiger charge is 2.17. The molecule has 0 fully saturated rings. The normalized spacial score (nSPS) is 10.8. The Bertz CT molecular complexity index is 966. The number of hydrogen-bond acceptors (Lipinski definition) is 4. The van der Waals surface area contributed by atoms with Crippen molar-refractivity contribution >= 4 is 29.1 Å². The van der Waals surface area contributed by atoms with Gasteiger partial charge < -0.3 is 10.2 Å². The van der Waals surface area contributed by atoms with Crippen molar-refractivity contribution in [1.82, 2.24) is 9.97 Å². The Morgan fingerprint density at radius 1 is 1.18 bits per heavy atom. The summed E-state index contributed by atoms with van der Waals surface area (Å²) in [6.45, 7) is 4.70. The van der Waals surface area contributed by atoms with Crippen LogP contribution in [0.3, 0.4) is 0 Å². The molecule has 0 saturated carbocycles.